The molecule has 71 heavy (non-hydrogen) atoms. The first kappa shape index (κ1) is 53.5. The summed E-state index contributed by atoms with van der Waals surface area (Å²) in [7, 11) is 0. The number of aromatic amines is 1. The summed E-state index contributed by atoms with van der Waals surface area (Å²) in [6.07, 6.45) is -1.98. The highest BCUT2D eigenvalue weighted by molar-refractivity contribution is 7.99. The predicted molar refractivity (Wildman–Crippen MR) is 250 cm³/mol. The van der Waals surface area contributed by atoms with Gasteiger partial charge in [-0.15, -0.1) is 11.8 Å². The van der Waals surface area contributed by atoms with Crippen LogP contribution in [0.3, 0.4) is 0 Å². The van der Waals surface area contributed by atoms with E-state index < -0.39 is 164 Å². The van der Waals surface area contributed by atoms with Crippen molar-refractivity contribution in [2.45, 2.75) is 99.9 Å². The number of aliphatic hydroxyl groups excluding tert-OH is 3. The number of para-hydroxylation sites is 1. The van der Waals surface area contributed by atoms with Gasteiger partial charge in [0.2, 0.25) is 53.2 Å². The molecule has 384 valence electrons. The molecular formula is C45H59N11O14S. The van der Waals surface area contributed by atoms with E-state index >= 15 is 0 Å². The number of fused-ring (bicyclic) bond motifs is 5. The van der Waals surface area contributed by atoms with Crippen molar-refractivity contribution in [2.24, 2.45) is 11.8 Å². The Hall–Kier alpha value is -6.90. The average Bonchev–Trinajstić information content (AvgIpc) is 4.02. The third kappa shape index (κ3) is 13.1. The maximum atomic E-state index is 14.7. The maximum absolute atomic E-state index is 14.7. The smallest absolute Gasteiger partial charge is 0.253 e. The quantitative estimate of drug-likeness (QED) is 0.0992. The minimum absolute atomic E-state index is 0.242. The Morgan fingerprint density at radius 2 is 1.49 bits per heavy atom. The van der Waals surface area contributed by atoms with Crippen molar-refractivity contribution in [3.8, 4) is 0 Å². The largest absolute Gasteiger partial charge is 0.394 e. The molecule has 2 aromatic rings. The lowest BCUT2D eigenvalue weighted by Gasteiger charge is -2.33. The zero-order valence-electron chi connectivity index (χ0n) is 39.2. The number of nitrogens with zero attached hydrogens (tertiary/aromatic N) is 2. The molecule has 12 N–H and O–H groups in total. The highest BCUT2D eigenvalue weighted by Gasteiger charge is 2.45. The molecule has 2 bridgehead atoms. The molecule has 0 radical (unpaired) electrons. The standard InChI is InChI=1S/C45H59N11O14S/c1-4-21(2)37-42(68)48-16-33(61)49-29-20-71-44-25(24-7-5-6-8-26(24)52-44)14-27(39(65)47-17-34(62)53-37)50-43(69)38(22(3)31(59)19-57)54-41(67)30-13-23(58)18-56(30)45(70)28(51-40(29)66)15-32(60)46-11-12-55-35(63)9-10-36(55)64/h5-10,21-23,27-31,37-38,52,57-59H,4,11-20H2,1-3H3,(H,46,60)(H,47,65)(H,48,68)(H,49,61)(H,50,69)(H,51,66)(H,53,62)(H,54,67)/t21-,22-,23+,27+,28-,29+,30-,31-,37-,38-/m0/s1. The molecular weight excluding hydrogens is 951 g/mol. The van der Waals surface area contributed by atoms with Gasteiger partial charge >= 0.3 is 0 Å². The van der Waals surface area contributed by atoms with Crippen LogP contribution in [0, 0.1) is 11.8 Å². The van der Waals surface area contributed by atoms with Crippen LogP contribution in [0.25, 0.3) is 10.9 Å². The maximum Gasteiger partial charge on any atom is 0.253 e. The van der Waals surface area contributed by atoms with Crippen molar-refractivity contribution < 1.29 is 68.1 Å². The van der Waals surface area contributed by atoms with E-state index in [1.807, 2.05) is 0 Å². The second kappa shape index (κ2) is 23.8. The zero-order valence-corrected chi connectivity index (χ0v) is 40.0. The Kier molecular flexibility index (Phi) is 17.9. The highest BCUT2D eigenvalue weighted by Crippen LogP contribution is 2.32. The van der Waals surface area contributed by atoms with Crippen molar-refractivity contribution in [3.05, 3.63) is 42.0 Å². The van der Waals surface area contributed by atoms with Crippen LogP contribution in [-0.2, 0) is 59.2 Å². The normalized spacial score (nSPS) is 26.8. The van der Waals surface area contributed by atoms with Crippen molar-refractivity contribution in [2.75, 3.05) is 45.1 Å². The van der Waals surface area contributed by atoms with E-state index in [-0.39, 0.29) is 25.3 Å². The summed E-state index contributed by atoms with van der Waals surface area (Å²) < 4.78 is 0. The Bertz CT molecular complexity index is 2450. The molecule has 1 fully saturated rings. The topological polar surface area (TPSA) is 367 Å². The first-order chi connectivity index (χ1) is 33.8. The molecule has 0 spiro atoms. The average molecular weight is 1010 g/mol. The van der Waals surface area contributed by atoms with Crippen LogP contribution in [0.5, 0.6) is 0 Å². The van der Waals surface area contributed by atoms with Gasteiger partial charge in [-0.2, -0.15) is 0 Å². The van der Waals surface area contributed by atoms with E-state index in [1.165, 1.54) is 6.92 Å². The first-order valence-corrected chi connectivity index (χ1v) is 24.1. The molecule has 26 heteroatoms. The van der Waals surface area contributed by atoms with Gasteiger partial charge in [0.1, 0.15) is 36.3 Å². The van der Waals surface area contributed by atoms with Crippen LogP contribution in [0.1, 0.15) is 45.6 Å². The summed E-state index contributed by atoms with van der Waals surface area (Å²) >= 11 is 0.996. The minimum Gasteiger partial charge on any atom is -0.394 e. The van der Waals surface area contributed by atoms with E-state index in [4.69, 9.17) is 0 Å². The zero-order chi connectivity index (χ0) is 51.7. The van der Waals surface area contributed by atoms with Gasteiger partial charge in [-0.1, -0.05) is 45.4 Å². The van der Waals surface area contributed by atoms with Crippen molar-refractivity contribution >= 4 is 87.6 Å². The number of carbonyl (C=O) groups is 11. The number of aromatic nitrogens is 1. The van der Waals surface area contributed by atoms with Gasteiger partial charge in [0.15, 0.2) is 0 Å². The Morgan fingerprint density at radius 1 is 0.817 bits per heavy atom. The highest BCUT2D eigenvalue weighted by atomic mass is 32.2. The molecule has 1 saturated heterocycles. The minimum atomic E-state index is -1.81. The Morgan fingerprint density at radius 3 is 2.18 bits per heavy atom. The third-order valence-corrected chi connectivity index (χ3v) is 14.0. The molecule has 11 amide bonds. The van der Waals surface area contributed by atoms with Crippen LogP contribution in [0.15, 0.2) is 41.4 Å². The van der Waals surface area contributed by atoms with Gasteiger partial charge in [-0.05, 0) is 17.5 Å². The number of aliphatic hydroxyl groups is 3. The fourth-order valence-corrected chi connectivity index (χ4v) is 9.65. The Balaban J connectivity index is 1.46. The molecule has 0 unspecified atom stereocenters. The van der Waals surface area contributed by atoms with Gasteiger partial charge in [0, 0.05) is 67.2 Å². The molecule has 10 atom stereocenters. The summed E-state index contributed by atoms with van der Waals surface area (Å²) in [6, 6.07) is -2.53. The lowest BCUT2D eigenvalue weighted by molar-refractivity contribution is -0.144. The van der Waals surface area contributed by atoms with E-state index in [0.717, 1.165) is 33.7 Å². The molecule has 0 saturated carbocycles. The van der Waals surface area contributed by atoms with Crippen LogP contribution in [0.4, 0.5) is 0 Å². The number of hydrogen-bond acceptors (Lipinski definition) is 15. The number of hydrogen-bond donors (Lipinski definition) is 12. The van der Waals surface area contributed by atoms with Crippen LogP contribution >= 0.6 is 11.8 Å². The lowest BCUT2D eigenvalue weighted by atomic mass is 9.93. The molecule has 4 aliphatic heterocycles. The summed E-state index contributed by atoms with van der Waals surface area (Å²) in [5, 5.41) is 52.9. The number of benzene rings is 1. The molecule has 1 aromatic heterocycles. The number of amides is 11. The van der Waals surface area contributed by atoms with E-state index in [1.54, 1.807) is 38.1 Å². The van der Waals surface area contributed by atoms with Gasteiger partial charge < -0.3 is 67.7 Å². The summed E-state index contributed by atoms with van der Waals surface area (Å²) in [5.74, 6) is -11.6. The summed E-state index contributed by atoms with van der Waals surface area (Å²) in [6.45, 7) is 1.52. The number of rotatable bonds is 10. The first-order valence-electron chi connectivity index (χ1n) is 23.1. The molecule has 0 aliphatic carbocycles. The summed E-state index contributed by atoms with van der Waals surface area (Å²) in [5.41, 5.74) is 0.972. The van der Waals surface area contributed by atoms with Gasteiger partial charge in [-0.25, -0.2) is 0 Å². The summed E-state index contributed by atoms with van der Waals surface area (Å²) in [4.78, 5) is 156. The van der Waals surface area contributed by atoms with E-state index in [2.05, 4.69) is 47.5 Å². The lowest BCUT2D eigenvalue weighted by Crippen LogP contribution is -2.62. The predicted octanol–water partition coefficient (Wildman–Crippen LogP) is -5.09. The van der Waals surface area contributed by atoms with E-state index in [0.29, 0.717) is 27.9 Å². The van der Waals surface area contributed by atoms with Crippen LogP contribution in [-0.4, -0.2) is 189 Å². The van der Waals surface area contributed by atoms with Crippen LogP contribution in [0.2, 0.25) is 0 Å². The van der Waals surface area contributed by atoms with Crippen LogP contribution < -0.4 is 42.5 Å². The van der Waals surface area contributed by atoms with Crippen molar-refractivity contribution in [1.82, 2.24) is 57.3 Å². The van der Waals surface area contributed by atoms with E-state index in [9.17, 15) is 68.1 Å². The fraction of sp³-hybridized carbons (Fsp3) is 0.533. The number of thioether (sulfide) groups is 1. The van der Waals surface area contributed by atoms with Crippen molar-refractivity contribution in [1.29, 1.82) is 0 Å². The number of nitrogens with one attached hydrogen (secondary N) is 9. The third-order valence-electron chi connectivity index (χ3n) is 12.8. The van der Waals surface area contributed by atoms with Gasteiger partial charge in [0.25, 0.3) is 11.8 Å². The number of imide groups is 1. The monoisotopic (exact) mass is 1010 g/mol. The Labute approximate surface area is 410 Å². The fourth-order valence-electron chi connectivity index (χ4n) is 8.53. The second-order valence-corrected chi connectivity index (χ2v) is 18.8. The second-order valence-electron chi connectivity index (χ2n) is 17.8. The molecule has 6 rings (SSSR count). The molecule has 1 aromatic carbocycles. The van der Waals surface area contributed by atoms with Gasteiger partial charge in [-0.3, -0.25) is 57.6 Å². The SMILES string of the molecule is CC[C@H](C)[C@@H]1NC(=O)CNC(=O)[C@H]2Cc3c([nH]c4ccccc34)SC[C@@H](NC(=O)CNC1=O)C(=O)N[C@@H](CC(=O)NCCN1C(=O)C=CC1=O)C(=O)N1C[C@H](O)C[C@H]1C(=O)N[C@@H]([C@@H](C)[C@@H](O)CO)C(=O)N2. The molecule has 5 heterocycles. The van der Waals surface area contributed by atoms with Crippen molar-refractivity contribution in [3.63, 3.8) is 0 Å². The molecule has 4 aliphatic rings. The number of H-pyrrole nitrogens is 1. The number of carbonyl (C=O) groups excluding carboxylic acids is 11. The van der Waals surface area contributed by atoms with Gasteiger partial charge in [0.05, 0.1) is 43.4 Å². The molecule has 25 nitrogen and oxygen atoms in total.